The minimum absolute atomic E-state index is 0.00386. The van der Waals surface area contributed by atoms with E-state index in [-0.39, 0.29) is 4.73 Å². The van der Waals surface area contributed by atoms with Crippen LogP contribution in [-0.4, -0.2) is 9.52 Å². The molecule has 8 nitrogen and oxygen atoms in total. The van der Waals surface area contributed by atoms with Gasteiger partial charge in [-0.05, 0) is 0 Å². The average Bonchev–Trinajstić information content (AvgIpc) is 2.40. The molecule has 0 saturated carbocycles. The van der Waals surface area contributed by atoms with E-state index in [0.29, 0.717) is 0 Å². The molecule has 3 bridgehead atoms. The lowest BCUT2D eigenvalue weighted by atomic mass is 10.5. The SMILES string of the molecule is O=c1c2c3n(F)c(=O)n1OP(=O)(O2)O3. The zero-order valence-electron chi connectivity index (χ0n) is 6.17. The van der Waals surface area contributed by atoms with Gasteiger partial charge in [-0.15, -0.1) is 0 Å². The first-order valence-electron chi connectivity index (χ1n) is 3.29. The molecule has 0 N–H and O–H groups in total. The molecule has 2 aliphatic rings. The molecule has 0 radical (unpaired) electrons. The number of phosphoric acid groups is 1. The molecule has 0 fully saturated rings. The Balaban J connectivity index is 2.61. The summed E-state index contributed by atoms with van der Waals surface area (Å²) in [5, 5.41) is 0. The molecule has 2 aliphatic heterocycles. The fourth-order valence-electron chi connectivity index (χ4n) is 1.12. The lowest BCUT2D eigenvalue weighted by molar-refractivity contribution is 0.167. The van der Waals surface area contributed by atoms with Crippen molar-refractivity contribution in [3.8, 4) is 11.6 Å². The fourth-order valence-corrected chi connectivity index (χ4v) is 2.32. The smallest absolute Gasteiger partial charge is 0.373 e. The van der Waals surface area contributed by atoms with Gasteiger partial charge in [0.05, 0.1) is 0 Å². The van der Waals surface area contributed by atoms with Crippen molar-refractivity contribution in [1.82, 2.24) is 9.52 Å². The van der Waals surface area contributed by atoms with E-state index >= 15 is 0 Å². The predicted molar refractivity (Wildman–Crippen MR) is 36.9 cm³/mol. The number of aromatic nitrogens is 2. The second kappa shape index (κ2) is 1.85. The Morgan fingerprint density at radius 2 is 2.00 bits per heavy atom. The van der Waals surface area contributed by atoms with Crippen LogP contribution in [0.25, 0.3) is 0 Å². The van der Waals surface area contributed by atoms with Gasteiger partial charge in [0.1, 0.15) is 0 Å². The molecule has 0 spiro atoms. The van der Waals surface area contributed by atoms with Crippen LogP contribution in [0.2, 0.25) is 0 Å². The maximum absolute atomic E-state index is 13.0. The van der Waals surface area contributed by atoms with Gasteiger partial charge >= 0.3 is 19.1 Å². The first-order valence-corrected chi connectivity index (χ1v) is 4.75. The normalized spacial score (nSPS) is 25.5. The molecule has 0 saturated heterocycles. The van der Waals surface area contributed by atoms with Gasteiger partial charge in [0, 0.05) is 0 Å². The van der Waals surface area contributed by atoms with Crippen LogP contribution in [0, 0.1) is 0 Å². The highest BCUT2D eigenvalue weighted by Gasteiger charge is 2.52. The third kappa shape index (κ3) is 0.630. The van der Waals surface area contributed by atoms with Crippen molar-refractivity contribution in [2.75, 3.05) is 0 Å². The molecular formula is C4FN2O6P. The molecule has 0 amide bonds. The second-order valence-corrected chi connectivity index (χ2v) is 3.93. The molecule has 1 aromatic heterocycles. The van der Waals surface area contributed by atoms with Crippen LogP contribution in [0.4, 0.5) is 4.48 Å². The predicted octanol–water partition coefficient (Wildman–Crippen LogP) is -0.936. The monoisotopic (exact) mass is 222 g/mol. The lowest BCUT2D eigenvalue weighted by Gasteiger charge is -2.11. The molecule has 1 unspecified atom stereocenters. The molecule has 1 atom stereocenters. The van der Waals surface area contributed by atoms with Crippen LogP contribution >= 0.6 is 7.82 Å². The van der Waals surface area contributed by atoms with Gasteiger partial charge in [0.2, 0.25) is 0 Å². The van der Waals surface area contributed by atoms with Crippen LogP contribution in [0.1, 0.15) is 0 Å². The summed E-state index contributed by atoms with van der Waals surface area (Å²) in [5.74, 6) is -1.45. The van der Waals surface area contributed by atoms with Gasteiger partial charge < -0.3 is 9.05 Å². The van der Waals surface area contributed by atoms with E-state index in [1.54, 1.807) is 0 Å². The number of nitrogens with zero attached hydrogens (tertiary/aromatic N) is 2. The van der Waals surface area contributed by atoms with Crippen molar-refractivity contribution >= 4 is 7.82 Å². The third-order valence-corrected chi connectivity index (χ3v) is 2.84. The number of rotatable bonds is 0. The standard InChI is InChI=1S/C4FN2O6P/c5-6-3-1-2(8)7(4(6)9)13-14(10,11-1)12-3. The van der Waals surface area contributed by atoms with Gasteiger partial charge in [-0.2, -0.15) is 4.57 Å². The minimum atomic E-state index is -4.05. The van der Waals surface area contributed by atoms with E-state index in [4.69, 9.17) is 0 Å². The highest BCUT2D eigenvalue weighted by molar-refractivity contribution is 7.50. The molecule has 14 heavy (non-hydrogen) atoms. The van der Waals surface area contributed by atoms with E-state index in [0.717, 1.165) is 0 Å². The molecule has 74 valence electrons. The van der Waals surface area contributed by atoms with Crippen LogP contribution in [0.5, 0.6) is 11.6 Å². The first-order chi connectivity index (χ1) is 6.52. The Morgan fingerprint density at radius 1 is 1.29 bits per heavy atom. The summed E-state index contributed by atoms with van der Waals surface area (Å²) in [6.45, 7) is 0. The molecule has 3 rings (SSSR count). The van der Waals surface area contributed by atoms with E-state index in [9.17, 15) is 18.6 Å². The summed E-state index contributed by atoms with van der Waals surface area (Å²) in [6.07, 6.45) is 0. The highest BCUT2D eigenvalue weighted by Crippen LogP contribution is 2.56. The lowest BCUT2D eigenvalue weighted by Crippen LogP contribution is -2.42. The third-order valence-electron chi connectivity index (χ3n) is 1.68. The molecule has 0 aromatic carbocycles. The van der Waals surface area contributed by atoms with Crippen molar-refractivity contribution in [2.45, 2.75) is 0 Å². The molecule has 1 aromatic rings. The maximum atomic E-state index is 13.0. The zero-order valence-corrected chi connectivity index (χ0v) is 7.06. The van der Waals surface area contributed by atoms with Gasteiger partial charge in [0.25, 0.3) is 11.6 Å². The average molecular weight is 222 g/mol. The Morgan fingerprint density at radius 3 is 2.71 bits per heavy atom. The van der Waals surface area contributed by atoms with E-state index in [1.807, 2.05) is 0 Å². The number of halogens is 1. The molecule has 0 aliphatic carbocycles. The Hall–Kier alpha value is -1.76. The van der Waals surface area contributed by atoms with Crippen LogP contribution in [0.15, 0.2) is 9.59 Å². The van der Waals surface area contributed by atoms with E-state index in [2.05, 4.69) is 13.7 Å². The van der Waals surface area contributed by atoms with E-state index in [1.165, 1.54) is 0 Å². The topological polar surface area (TPSA) is 88.8 Å². The Bertz CT molecular complexity index is 604. The number of phosphoric ester groups is 1. The van der Waals surface area contributed by atoms with Crippen LogP contribution in [0.3, 0.4) is 0 Å². The first kappa shape index (κ1) is 7.63. The van der Waals surface area contributed by atoms with Crippen molar-refractivity contribution in [1.29, 1.82) is 0 Å². The van der Waals surface area contributed by atoms with Gasteiger partial charge in [-0.25, -0.2) is 4.79 Å². The summed E-state index contributed by atoms with van der Waals surface area (Å²) in [6, 6.07) is 0. The van der Waals surface area contributed by atoms with Gasteiger partial charge in [-0.3, -0.25) is 9.42 Å². The number of fused-ring (bicyclic) bond motifs is 2. The quantitative estimate of drug-likeness (QED) is 0.526. The summed E-state index contributed by atoms with van der Waals surface area (Å²) in [7, 11) is -4.05. The summed E-state index contributed by atoms with van der Waals surface area (Å²) >= 11 is 0. The highest BCUT2D eigenvalue weighted by atomic mass is 31.2. The number of hydrogen-bond donors (Lipinski definition) is 0. The summed E-state index contributed by atoms with van der Waals surface area (Å²) < 4.78 is 37.3. The second-order valence-electron chi connectivity index (χ2n) is 2.51. The zero-order chi connectivity index (χ0) is 10.1. The largest absolute Gasteiger partial charge is 0.668 e. The Kier molecular flexibility index (Phi) is 1.01. The minimum Gasteiger partial charge on any atom is -0.373 e. The van der Waals surface area contributed by atoms with Crippen molar-refractivity contribution in [2.24, 2.45) is 0 Å². The fraction of sp³-hybridized carbons (Fsp3) is 0. The van der Waals surface area contributed by atoms with Gasteiger partial charge in [0.15, 0.2) is 0 Å². The van der Waals surface area contributed by atoms with E-state index < -0.39 is 35.5 Å². The molecular weight excluding hydrogens is 222 g/mol. The van der Waals surface area contributed by atoms with Gasteiger partial charge in [-0.1, -0.05) is 14.0 Å². The van der Waals surface area contributed by atoms with Crippen LogP contribution in [-0.2, 0) is 4.57 Å². The number of hydrogen-bond acceptors (Lipinski definition) is 6. The van der Waals surface area contributed by atoms with Crippen molar-refractivity contribution in [3.63, 3.8) is 0 Å². The summed E-state index contributed by atoms with van der Waals surface area (Å²) in [4.78, 5) is 21.6. The molecule has 10 heteroatoms. The maximum Gasteiger partial charge on any atom is 0.668 e. The molecule has 3 heterocycles. The van der Waals surface area contributed by atoms with Crippen molar-refractivity contribution in [3.05, 3.63) is 20.8 Å². The Labute approximate surface area is 73.5 Å². The van der Waals surface area contributed by atoms with Crippen molar-refractivity contribution < 1.29 is 22.7 Å². The van der Waals surface area contributed by atoms with Crippen LogP contribution < -0.4 is 24.9 Å². The summed E-state index contributed by atoms with van der Waals surface area (Å²) in [5.41, 5.74) is -2.46.